The molecule has 7 nitrogen and oxygen atoms in total. The number of nitrogens with one attached hydrogen (secondary N) is 2. The van der Waals surface area contributed by atoms with Crippen LogP contribution < -0.4 is 15.4 Å². The molecule has 0 unspecified atom stereocenters. The number of aromatic nitrogens is 3. The number of anilines is 3. The van der Waals surface area contributed by atoms with Crippen molar-refractivity contribution >= 4 is 33.9 Å². The first-order chi connectivity index (χ1) is 12.0. The lowest BCUT2D eigenvalue weighted by Crippen LogP contribution is -2.12. The maximum Gasteiger partial charge on any atom is 0.267 e. The molecule has 130 valence electrons. The predicted molar refractivity (Wildman–Crippen MR) is 99.0 cm³/mol. The Labute approximate surface area is 149 Å². The molecule has 0 atom stereocenters. The molecule has 3 rings (SSSR count). The highest BCUT2D eigenvalue weighted by Crippen LogP contribution is 2.30. The molecule has 0 radical (unpaired) electrons. The predicted octanol–water partition coefficient (Wildman–Crippen LogP) is 3.50. The lowest BCUT2D eigenvalue weighted by atomic mass is 10.1. The lowest BCUT2D eigenvalue weighted by Gasteiger charge is -2.14. The summed E-state index contributed by atoms with van der Waals surface area (Å²) in [5, 5.41) is 10.9. The molecule has 0 aliphatic heterocycles. The molecule has 2 aromatic heterocycles. The van der Waals surface area contributed by atoms with E-state index in [9.17, 15) is 4.79 Å². The molecule has 2 heterocycles. The van der Waals surface area contributed by atoms with Crippen LogP contribution in [-0.2, 0) is 7.05 Å². The first kappa shape index (κ1) is 17.0. The SMILES string of the molecule is COc1ccc(C)c(NC(=O)c2cnc(Nc3ccn(C)n3)s2)c1C. The average Bonchev–Trinajstić information content (AvgIpc) is 3.21. The summed E-state index contributed by atoms with van der Waals surface area (Å²) in [6, 6.07) is 5.65. The van der Waals surface area contributed by atoms with Crippen LogP contribution in [-0.4, -0.2) is 27.8 Å². The van der Waals surface area contributed by atoms with Crippen LogP contribution in [0.3, 0.4) is 0 Å². The number of carbonyl (C=O) groups excluding carboxylic acids is 1. The molecule has 0 saturated carbocycles. The quantitative estimate of drug-likeness (QED) is 0.730. The number of ether oxygens (including phenoxy) is 1. The molecule has 3 aromatic rings. The van der Waals surface area contributed by atoms with E-state index in [-0.39, 0.29) is 5.91 Å². The minimum absolute atomic E-state index is 0.203. The van der Waals surface area contributed by atoms with Gasteiger partial charge in [-0.3, -0.25) is 9.48 Å². The van der Waals surface area contributed by atoms with Crippen molar-refractivity contribution in [1.82, 2.24) is 14.8 Å². The van der Waals surface area contributed by atoms with Crippen LogP contribution in [0.15, 0.2) is 30.6 Å². The maximum absolute atomic E-state index is 12.6. The van der Waals surface area contributed by atoms with Gasteiger partial charge in [-0.05, 0) is 25.5 Å². The van der Waals surface area contributed by atoms with Gasteiger partial charge in [-0.25, -0.2) is 4.98 Å². The Hall–Kier alpha value is -2.87. The van der Waals surface area contributed by atoms with Gasteiger partial charge in [0.1, 0.15) is 10.6 Å². The Morgan fingerprint density at radius 1 is 1.28 bits per heavy atom. The summed E-state index contributed by atoms with van der Waals surface area (Å²) >= 11 is 1.27. The highest BCUT2D eigenvalue weighted by Gasteiger charge is 2.15. The Kier molecular flexibility index (Phi) is 4.71. The minimum Gasteiger partial charge on any atom is -0.496 e. The van der Waals surface area contributed by atoms with Crippen molar-refractivity contribution in [3.8, 4) is 5.75 Å². The Morgan fingerprint density at radius 2 is 2.08 bits per heavy atom. The first-order valence-electron chi connectivity index (χ1n) is 7.66. The van der Waals surface area contributed by atoms with Crippen LogP contribution in [0.4, 0.5) is 16.6 Å². The van der Waals surface area contributed by atoms with E-state index in [0.29, 0.717) is 15.8 Å². The topological polar surface area (TPSA) is 81.1 Å². The van der Waals surface area contributed by atoms with Gasteiger partial charge in [0, 0.05) is 24.9 Å². The van der Waals surface area contributed by atoms with Crippen LogP contribution in [0.1, 0.15) is 20.8 Å². The van der Waals surface area contributed by atoms with E-state index < -0.39 is 0 Å². The fourth-order valence-corrected chi connectivity index (χ4v) is 3.16. The van der Waals surface area contributed by atoms with E-state index >= 15 is 0 Å². The number of rotatable bonds is 5. The maximum atomic E-state index is 12.6. The summed E-state index contributed by atoms with van der Waals surface area (Å²) in [5.41, 5.74) is 2.63. The third-order valence-corrected chi connectivity index (χ3v) is 4.67. The largest absolute Gasteiger partial charge is 0.496 e. The third kappa shape index (κ3) is 3.63. The van der Waals surface area contributed by atoms with Crippen LogP contribution in [0, 0.1) is 13.8 Å². The summed E-state index contributed by atoms with van der Waals surface area (Å²) in [7, 11) is 3.45. The summed E-state index contributed by atoms with van der Waals surface area (Å²) in [6.45, 7) is 3.87. The molecular weight excluding hydrogens is 338 g/mol. The second-order valence-corrected chi connectivity index (χ2v) is 6.60. The highest BCUT2D eigenvalue weighted by molar-refractivity contribution is 7.17. The third-order valence-electron chi connectivity index (χ3n) is 3.76. The monoisotopic (exact) mass is 357 g/mol. The molecule has 0 saturated heterocycles. The van der Waals surface area contributed by atoms with Crippen molar-refractivity contribution in [3.63, 3.8) is 0 Å². The van der Waals surface area contributed by atoms with Gasteiger partial charge in [-0.15, -0.1) is 0 Å². The number of methoxy groups -OCH3 is 1. The molecule has 0 bridgehead atoms. The fraction of sp³-hybridized carbons (Fsp3) is 0.235. The average molecular weight is 357 g/mol. The number of thiazole rings is 1. The smallest absolute Gasteiger partial charge is 0.267 e. The molecule has 25 heavy (non-hydrogen) atoms. The van der Waals surface area contributed by atoms with Gasteiger partial charge in [-0.2, -0.15) is 5.10 Å². The molecule has 0 aliphatic carbocycles. The van der Waals surface area contributed by atoms with E-state index in [4.69, 9.17) is 4.74 Å². The number of hydrogen-bond acceptors (Lipinski definition) is 6. The summed E-state index contributed by atoms with van der Waals surface area (Å²) in [5.74, 6) is 1.22. The first-order valence-corrected chi connectivity index (χ1v) is 8.47. The molecule has 1 aromatic carbocycles. The van der Waals surface area contributed by atoms with Crippen molar-refractivity contribution in [2.45, 2.75) is 13.8 Å². The van der Waals surface area contributed by atoms with Gasteiger partial charge in [0.25, 0.3) is 5.91 Å². The molecular formula is C17H19N5O2S. The number of carbonyl (C=O) groups is 1. The van der Waals surface area contributed by atoms with Crippen LogP contribution in [0.5, 0.6) is 5.75 Å². The van der Waals surface area contributed by atoms with E-state index in [2.05, 4.69) is 20.7 Å². The van der Waals surface area contributed by atoms with E-state index in [1.807, 2.05) is 45.3 Å². The van der Waals surface area contributed by atoms with Crippen LogP contribution in [0.2, 0.25) is 0 Å². The standard InChI is InChI=1S/C17H19N5O2S/c1-10-5-6-12(24-4)11(2)15(10)20-16(23)13-9-18-17(25-13)19-14-7-8-22(3)21-14/h5-9H,1-4H3,(H,20,23)(H,18,19,21). The fourth-order valence-electron chi connectivity index (χ4n) is 2.44. The van der Waals surface area contributed by atoms with Gasteiger partial charge >= 0.3 is 0 Å². The van der Waals surface area contributed by atoms with Gasteiger partial charge < -0.3 is 15.4 Å². The number of benzene rings is 1. The van der Waals surface area contributed by atoms with E-state index in [1.54, 1.807) is 18.0 Å². The van der Waals surface area contributed by atoms with Gasteiger partial charge in [0.2, 0.25) is 0 Å². The molecule has 2 N–H and O–H groups in total. The zero-order valence-corrected chi connectivity index (χ0v) is 15.3. The van der Waals surface area contributed by atoms with E-state index in [1.165, 1.54) is 11.3 Å². The Balaban J connectivity index is 1.76. The Bertz CT molecular complexity index is 916. The van der Waals surface area contributed by atoms with Gasteiger partial charge in [0.05, 0.1) is 19.0 Å². The molecule has 0 fully saturated rings. The number of nitrogens with zero attached hydrogens (tertiary/aromatic N) is 3. The summed E-state index contributed by atoms with van der Waals surface area (Å²) in [4.78, 5) is 17.3. The lowest BCUT2D eigenvalue weighted by molar-refractivity contribution is 0.103. The van der Waals surface area contributed by atoms with Crippen LogP contribution >= 0.6 is 11.3 Å². The van der Waals surface area contributed by atoms with Crippen molar-refractivity contribution in [2.24, 2.45) is 7.05 Å². The molecule has 1 amide bonds. The molecule has 0 spiro atoms. The highest BCUT2D eigenvalue weighted by atomic mass is 32.1. The number of aryl methyl sites for hydroxylation is 2. The number of hydrogen-bond donors (Lipinski definition) is 2. The molecule has 8 heteroatoms. The minimum atomic E-state index is -0.203. The van der Waals surface area contributed by atoms with Gasteiger partial charge in [-0.1, -0.05) is 17.4 Å². The van der Waals surface area contributed by atoms with Crippen LogP contribution in [0.25, 0.3) is 0 Å². The molecule has 0 aliphatic rings. The van der Waals surface area contributed by atoms with Crippen molar-refractivity contribution in [2.75, 3.05) is 17.7 Å². The number of amides is 1. The Morgan fingerprint density at radius 3 is 2.76 bits per heavy atom. The summed E-state index contributed by atoms with van der Waals surface area (Å²) in [6.07, 6.45) is 3.38. The summed E-state index contributed by atoms with van der Waals surface area (Å²) < 4.78 is 7.01. The normalized spacial score (nSPS) is 10.6. The van der Waals surface area contributed by atoms with Crippen molar-refractivity contribution in [3.05, 3.63) is 46.6 Å². The van der Waals surface area contributed by atoms with Crippen molar-refractivity contribution in [1.29, 1.82) is 0 Å². The second kappa shape index (κ2) is 6.94. The van der Waals surface area contributed by atoms with Crippen molar-refractivity contribution < 1.29 is 9.53 Å². The zero-order valence-electron chi connectivity index (χ0n) is 14.5. The van der Waals surface area contributed by atoms with E-state index in [0.717, 1.165) is 22.6 Å². The second-order valence-electron chi connectivity index (χ2n) is 5.57. The van der Waals surface area contributed by atoms with Gasteiger partial charge in [0.15, 0.2) is 10.9 Å². The zero-order chi connectivity index (χ0) is 18.0.